The van der Waals surface area contributed by atoms with E-state index < -0.39 is 0 Å². The summed E-state index contributed by atoms with van der Waals surface area (Å²) in [6.07, 6.45) is 1.58. The van der Waals surface area contributed by atoms with Crippen LogP contribution in [0.15, 0.2) is 18.2 Å². The molecule has 0 aliphatic carbocycles. The SMILES string of the molecule is O=C1CCc2ccc(C(=O)CCCl)cc2N1. The number of fused-ring (bicyclic) bond motifs is 1. The second-order valence-electron chi connectivity index (χ2n) is 3.78. The van der Waals surface area contributed by atoms with Crippen LogP contribution in [0, 0.1) is 0 Å². The second-order valence-corrected chi connectivity index (χ2v) is 4.16. The van der Waals surface area contributed by atoms with Gasteiger partial charge >= 0.3 is 0 Å². The number of hydrogen-bond donors (Lipinski definition) is 1. The maximum atomic E-state index is 11.6. The number of hydrogen-bond acceptors (Lipinski definition) is 2. The molecule has 0 spiro atoms. The van der Waals surface area contributed by atoms with Gasteiger partial charge in [0.2, 0.25) is 5.91 Å². The van der Waals surface area contributed by atoms with E-state index in [-0.39, 0.29) is 11.7 Å². The van der Waals surface area contributed by atoms with Gasteiger partial charge in [-0.15, -0.1) is 11.6 Å². The zero-order chi connectivity index (χ0) is 11.5. The fourth-order valence-electron chi connectivity index (χ4n) is 1.78. The Balaban J connectivity index is 2.27. The van der Waals surface area contributed by atoms with E-state index in [1.54, 1.807) is 12.1 Å². The van der Waals surface area contributed by atoms with Crippen LogP contribution in [0.5, 0.6) is 0 Å². The Morgan fingerprint density at radius 1 is 1.38 bits per heavy atom. The van der Waals surface area contributed by atoms with Crippen LogP contribution in [-0.4, -0.2) is 17.6 Å². The zero-order valence-corrected chi connectivity index (χ0v) is 9.51. The standard InChI is InChI=1S/C12H12ClNO2/c13-6-5-11(15)9-2-1-8-3-4-12(16)14-10(8)7-9/h1-2,7H,3-6H2,(H,14,16). The summed E-state index contributed by atoms with van der Waals surface area (Å²) in [6.45, 7) is 0. The lowest BCUT2D eigenvalue weighted by molar-refractivity contribution is -0.116. The molecule has 0 atom stereocenters. The first-order valence-corrected chi connectivity index (χ1v) is 5.76. The smallest absolute Gasteiger partial charge is 0.224 e. The molecule has 4 heteroatoms. The van der Waals surface area contributed by atoms with E-state index >= 15 is 0 Å². The van der Waals surface area contributed by atoms with E-state index in [0.717, 1.165) is 17.7 Å². The van der Waals surface area contributed by atoms with Gasteiger partial charge in [-0.3, -0.25) is 9.59 Å². The number of benzene rings is 1. The lowest BCUT2D eigenvalue weighted by Crippen LogP contribution is -2.19. The van der Waals surface area contributed by atoms with E-state index in [2.05, 4.69) is 5.32 Å². The first-order valence-electron chi connectivity index (χ1n) is 5.22. The van der Waals surface area contributed by atoms with Gasteiger partial charge in [0.15, 0.2) is 5.78 Å². The number of amides is 1. The molecule has 1 aliphatic heterocycles. The quantitative estimate of drug-likeness (QED) is 0.648. The normalized spacial score (nSPS) is 14.2. The number of anilines is 1. The van der Waals surface area contributed by atoms with Crippen molar-refractivity contribution < 1.29 is 9.59 Å². The van der Waals surface area contributed by atoms with Crippen LogP contribution < -0.4 is 5.32 Å². The highest BCUT2D eigenvalue weighted by Gasteiger charge is 2.16. The van der Waals surface area contributed by atoms with E-state index in [0.29, 0.717) is 24.3 Å². The van der Waals surface area contributed by atoms with Gasteiger partial charge in [0.05, 0.1) is 0 Å². The first kappa shape index (κ1) is 11.1. The first-order chi connectivity index (χ1) is 7.70. The molecule has 0 unspecified atom stereocenters. The van der Waals surface area contributed by atoms with Crippen molar-refractivity contribution in [1.29, 1.82) is 0 Å². The number of halogens is 1. The summed E-state index contributed by atoms with van der Waals surface area (Å²) in [5.41, 5.74) is 2.46. The van der Waals surface area contributed by atoms with Gasteiger partial charge in [-0.1, -0.05) is 12.1 Å². The highest BCUT2D eigenvalue weighted by atomic mass is 35.5. The molecular weight excluding hydrogens is 226 g/mol. The van der Waals surface area contributed by atoms with Crippen molar-refractivity contribution in [2.24, 2.45) is 0 Å². The van der Waals surface area contributed by atoms with Gasteiger partial charge in [0.1, 0.15) is 0 Å². The van der Waals surface area contributed by atoms with Crippen molar-refractivity contribution in [3.05, 3.63) is 29.3 Å². The Kier molecular flexibility index (Phi) is 3.25. The predicted octanol–water partition coefficient (Wildman–Crippen LogP) is 2.38. The van der Waals surface area contributed by atoms with E-state index in [1.165, 1.54) is 0 Å². The summed E-state index contributed by atoms with van der Waals surface area (Å²) in [4.78, 5) is 22.8. The molecule has 84 valence electrons. The van der Waals surface area contributed by atoms with Crippen molar-refractivity contribution in [1.82, 2.24) is 0 Å². The second kappa shape index (κ2) is 4.66. The molecule has 0 saturated heterocycles. The van der Waals surface area contributed by atoms with Gasteiger partial charge in [0, 0.05) is 30.0 Å². The lowest BCUT2D eigenvalue weighted by atomic mass is 9.99. The molecule has 1 aromatic carbocycles. The van der Waals surface area contributed by atoms with E-state index in [4.69, 9.17) is 11.6 Å². The molecule has 0 radical (unpaired) electrons. The Hall–Kier alpha value is -1.35. The number of ketones is 1. The van der Waals surface area contributed by atoms with E-state index in [1.807, 2.05) is 6.07 Å². The fourth-order valence-corrected chi connectivity index (χ4v) is 1.95. The highest BCUT2D eigenvalue weighted by molar-refractivity contribution is 6.19. The third-order valence-corrected chi connectivity index (χ3v) is 2.84. The molecule has 1 aliphatic rings. The Bertz CT molecular complexity index is 443. The third-order valence-electron chi connectivity index (χ3n) is 2.65. The van der Waals surface area contributed by atoms with E-state index in [9.17, 15) is 9.59 Å². The van der Waals surface area contributed by atoms with Crippen LogP contribution in [0.1, 0.15) is 28.8 Å². The number of rotatable bonds is 3. The molecule has 1 aromatic rings. The fraction of sp³-hybridized carbons (Fsp3) is 0.333. The van der Waals surface area contributed by atoms with Crippen molar-refractivity contribution in [3.8, 4) is 0 Å². The number of nitrogens with one attached hydrogen (secondary N) is 1. The molecule has 2 rings (SSSR count). The van der Waals surface area contributed by atoms with Crippen molar-refractivity contribution in [2.75, 3.05) is 11.2 Å². The Morgan fingerprint density at radius 2 is 2.19 bits per heavy atom. The Labute approximate surface area is 98.8 Å². The van der Waals surface area contributed by atoms with Crippen molar-refractivity contribution in [2.45, 2.75) is 19.3 Å². The zero-order valence-electron chi connectivity index (χ0n) is 8.75. The number of Topliss-reactive ketones (excluding diaryl/α,β-unsaturated/α-hetero) is 1. The monoisotopic (exact) mass is 237 g/mol. The minimum Gasteiger partial charge on any atom is -0.326 e. The number of aryl methyl sites for hydroxylation is 1. The third kappa shape index (κ3) is 2.25. The molecule has 0 fully saturated rings. The molecular formula is C12H12ClNO2. The van der Waals surface area contributed by atoms with Crippen molar-refractivity contribution >= 4 is 29.0 Å². The van der Waals surface area contributed by atoms with Crippen LogP contribution in [0.25, 0.3) is 0 Å². The van der Waals surface area contributed by atoms with Gasteiger partial charge in [-0.25, -0.2) is 0 Å². The Morgan fingerprint density at radius 3 is 2.94 bits per heavy atom. The van der Waals surface area contributed by atoms with Crippen molar-refractivity contribution in [3.63, 3.8) is 0 Å². The highest BCUT2D eigenvalue weighted by Crippen LogP contribution is 2.24. The summed E-state index contributed by atoms with van der Waals surface area (Å²) in [5.74, 6) is 0.342. The molecule has 1 amide bonds. The van der Waals surface area contributed by atoms with Gasteiger partial charge in [-0.05, 0) is 18.1 Å². The summed E-state index contributed by atoms with van der Waals surface area (Å²) < 4.78 is 0. The van der Waals surface area contributed by atoms with Gasteiger partial charge in [0.25, 0.3) is 0 Å². The largest absolute Gasteiger partial charge is 0.326 e. The molecule has 0 bridgehead atoms. The molecule has 16 heavy (non-hydrogen) atoms. The molecule has 0 aromatic heterocycles. The average molecular weight is 238 g/mol. The summed E-state index contributed by atoms with van der Waals surface area (Å²) >= 11 is 5.52. The van der Waals surface area contributed by atoms with Gasteiger partial charge < -0.3 is 5.32 Å². The van der Waals surface area contributed by atoms with Crippen LogP contribution in [-0.2, 0) is 11.2 Å². The predicted molar refractivity (Wildman–Crippen MR) is 63.1 cm³/mol. The topological polar surface area (TPSA) is 46.2 Å². The molecule has 1 heterocycles. The minimum atomic E-state index is 0.00874. The summed E-state index contributed by atoms with van der Waals surface area (Å²) in [6, 6.07) is 5.43. The number of alkyl halides is 1. The average Bonchev–Trinajstić information content (AvgIpc) is 2.28. The molecule has 3 nitrogen and oxygen atoms in total. The number of carbonyl (C=O) groups excluding carboxylic acids is 2. The molecule has 0 saturated carbocycles. The lowest BCUT2D eigenvalue weighted by Gasteiger charge is -2.17. The minimum absolute atomic E-state index is 0.00874. The van der Waals surface area contributed by atoms with Crippen LogP contribution >= 0.6 is 11.6 Å². The maximum Gasteiger partial charge on any atom is 0.224 e. The summed E-state index contributed by atoms with van der Waals surface area (Å²) in [7, 11) is 0. The van der Waals surface area contributed by atoms with Crippen LogP contribution in [0.2, 0.25) is 0 Å². The summed E-state index contributed by atoms with van der Waals surface area (Å²) in [5, 5.41) is 2.77. The molecule has 1 N–H and O–H groups in total. The van der Waals surface area contributed by atoms with Gasteiger partial charge in [-0.2, -0.15) is 0 Å². The number of carbonyl (C=O) groups is 2. The van der Waals surface area contributed by atoms with Crippen LogP contribution in [0.4, 0.5) is 5.69 Å². The maximum absolute atomic E-state index is 11.6. The van der Waals surface area contributed by atoms with Crippen LogP contribution in [0.3, 0.4) is 0 Å².